The molecule has 0 aliphatic carbocycles. The Morgan fingerprint density at radius 3 is 2.56 bits per heavy atom. The van der Waals surface area contributed by atoms with Gasteiger partial charge in [0.15, 0.2) is 0 Å². The van der Waals surface area contributed by atoms with Gasteiger partial charge in [0.2, 0.25) is 0 Å². The first-order valence-corrected chi connectivity index (χ1v) is 6.86. The molecule has 1 unspecified atom stereocenters. The molecule has 1 aromatic heterocycles. The van der Waals surface area contributed by atoms with Gasteiger partial charge in [-0.15, -0.1) is 11.3 Å². The lowest BCUT2D eigenvalue weighted by molar-refractivity contribution is 0.614. The quantitative estimate of drug-likeness (QED) is 0.874. The van der Waals surface area contributed by atoms with E-state index in [1.54, 1.807) is 11.3 Å². The zero-order chi connectivity index (χ0) is 11.8. The SMILES string of the molecule is CC(N)(c1ccccc1Br)c1sccc1Cl. The molecule has 2 rings (SSSR count). The van der Waals surface area contributed by atoms with Crippen LogP contribution in [-0.2, 0) is 5.54 Å². The van der Waals surface area contributed by atoms with Gasteiger partial charge in [-0.3, -0.25) is 0 Å². The molecule has 0 aliphatic heterocycles. The molecule has 4 heteroatoms. The number of hydrogen-bond acceptors (Lipinski definition) is 2. The van der Waals surface area contributed by atoms with E-state index in [1.807, 2.05) is 42.6 Å². The summed E-state index contributed by atoms with van der Waals surface area (Å²) >= 11 is 11.2. The van der Waals surface area contributed by atoms with Crippen LogP contribution < -0.4 is 5.73 Å². The molecule has 0 aliphatic rings. The van der Waals surface area contributed by atoms with Crippen LogP contribution in [0.1, 0.15) is 17.4 Å². The van der Waals surface area contributed by atoms with Crippen molar-refractivity contribution in [2.45, 2.75) is 12.5 Å². The number of rotatable bonds is 2. The fourth-order valence-electron chi connectivity index (χ4n) is 1.67. The molecule has 0 spiro atoms. The van der Waals surface area contributed by atoms with Gasteiger partial charge in [-0.05, 0) is 30.0 Å². The monoisotopic (exact) mass is 315 g/mol. The standard InChI is InChI=1S/C12H11BrClNS/c1-12(15,11-10(14)6-7-16-11)8-4-2-3-5-9(8)13/h2-7H,15H2,1H3. The van der Waals surface area contributed by atoms with Crippen molar-refractivity contribution >= 4 is 38.9 Å². The summed E-state index contributed by atoms with van der Waals surface area (Å²) in [5.41, 5.74) is 6.88. The molecule has 84 valence electrons. The molecule has 1 aromatic carbocycles. The van der Waals surface area contributed by atoms with Crippen molar-refractivity contribution in [2.75, 3.05) is 0 Å². The minimum absolute atomic E-state index is 0.564. The third-order valence-electron chi connectivity index (χ3n) is 2.52. The molecule has 0 saturated heterocycles. The Kier molecular flexibility index (Phi) is 3.40. The number of benzene rings is 1. The van der Waals surface area contributed by atoms with E-state index in [0.717, 1.165) is 19.9 Å². The van der Waals surface area contributed by atoms with Gasteiger partial charge in [0.1, 0.15) is 0 Å². The predicted octanol–water partition coefficient (Wildman–Crippen LogP) is 4.39. The first kappa shape index (κ1) is 12.1. The number of halogens is 2. The molecule has 1 nitrogen and oxygen atoms in total. The summed E-state index contributed by atoms with van der Waals surface area (Å²) in [6.45, 7) is 1.98. The smallest absolute Gasteiger partial charge is 0.0756 e. The maximum atomic E-state index is 6.40. The van der Waals surface area contributed by atoms with Crippen LogP contribution in [-0.4, -0.2) is 0 Å². The molecular weight excluding hydrogens is 306 g/mol. The lowest BCUT2D eigenvalue weighted by atomic mass is 9.91. The first-order valence-electron chi connectivity index (χ1n) is 4.81. The Balaban J connectivity index is 2.55. The third-order valence-corrected chi connectivity index (χ3v) is 4.79. The van der Waals surface area contributed by atoms with E-state index in [0.29, 0.717) is 0 Å². The second-order valence-electron chi connectivity index (χ2n) is 3.78. The van der Waals surface area contributed by atoms with E-state index in [9.17, 15) is 0 Å². The Morgan fingerprint density at radius 1 is 1.31 bits per heavy atom. The minimum Gasteiger partial charge on any atom is -0.317 e. The summed E-state index contributed by atoms with van der Waals surface area (Å²) in [5, 5.41) is 2.69. The maximum absolute atomic E-state index is 6.40. The second kappa shape index (κ2) is 4.49. The largest absolute Gasteiger partial charge is 0.317 e. The van der Waals surface area contributed by atoms with Crippen LogP contribution in [0, 0.1) is 0 Å². The highest BCUT2D eigenvalue weighted by atomic mass is 79.9. The number of nitrogens with two attached hydrogens (primary N) is 1. The van der Waals surface area contributed by atoms with Gasteiger partial charge < -0.3 is 5.73 Å². The molecule has 1 atom stereocenters. The molecule has 0 radical (unpaired) electrons. The Bertz CT molecular complexity index is 507. The number of thiophene rings is 1. The van der Waals surface area contributed by atoms with E-state index >= 15 is 0 Å². The van der Waals surface area contributed by atoms with Crippen LogP contribution in [0.3, 0.4) is 0 Å². The van der Waals surface area contributed by atoms with Crippen molar-refractivity contribution in [2.24, 2.45) is 5.73 Å². The zero-order valence-electron chi connectivity index (χ0n) is 8.71. The van der Waals surface area contributed by atoms with Gasteiger partial charge in [-0.25, -0.2) is 0 Å². The normalized spacial score (nSPS) is 14.8. The van der Waals surface area contributed by atoms with Crippen molar-refractivity contribution < 1.29 is 0 Å². The Hall–Kier alpha value is -0.350. The third kappa shape index (κ3) is 2.05. The van der Waals surface area contributed by atoms with Crippen molar-refractivity contribution in [3.63, 3.8) is 0 Å². The summed E-state index contributed by atoms with van der Waals surface area (Å²) < 4.78 is 1.00. The Labute approximate surface area is 112 Å². The van der Waals surface area contributed by atoms with Crippen molar-refractivity contribution in [3.8, 4) is 0 Å². The molecule has 0 bridgehead atoms. The van der Waals surface area contributed by atoms with Crippen LogP contribution in [0.25, 0.3) is 0 Å². The van der Waals surface area contributed by atoms with E-state index in [2.05, 4.69) is 15.9 Å². The van der Waals surface area contributed by atoms with Crippen LogP contribution >= 0.6 is 38.9 Å². The molecule has 16 heavy (non-hydrogen) atoms. The predicted molar refractivity (Wildman–Crippen MR) is 74.1 cm³/mol. The average molecular weight is 317 g/mol. The fraction of sp³-hybridized carbons (Fsp3) is 0.167. The van der Waals surface area contributed by atoms with E-state index in [-0.39, 0.29) is 0 Å². The molecular formula is C12H11BrClNS. The molecule has 2 aromatic rings. The van der Waals surface area contributed by atoms with Crippen molar-refractivity contribution in [1.29, 1.82) is 0 Å². The minimum atomic E-state index is -0.564. The van der Waals surface area contributed by atoms with E-state index in [4.69, 9.17) is 17.3 Å². The molecule has 0 saturated carbocycles. The van der Waals surface area contributed by atoms with Gasteiger partial charge in [0, 0.05) is 9.35 Å². The van der Waals surface area contributed by atoms with E-state index in [1.165, 1.54) is 0 Å². The second-order valence-corrected chi connectivity index (χ2v) is 5.96. The van der Waals surface area contributed by atoms with Gasteiger partial charge in [0.25, 0.3) is 0 Å². The average Bonchev–Trinajstić information content (AvgIpc) is 2.65. The van der Waals surface area contributed by atoms with Crippen LogP contribution in [0.4, 0.5) is 0 Å². The van der Waals surface area contributed by atoms with Crippen molar-refractivity contribution in [3.05, 3.63) is 55.6 Å². The highest BCUT2D eigenvalue weighted by molar-refractivity contribution is 9.10. The van der Waals surface area contributed by atoms with E-state index < -0.39 is 5.54 Å². The zero-order valence-corrected chi connectivity index (χ0v) is 11.9. The summed E-state index contributed by atoms with van der Waals surface area (Å²) in [7, 11) is 0. The lowest BCUT2D eigenvalue weighted by Crippen LogP contribution is -2.34. The van der Waals surface area contributed by atoms with Crippen LogP contribution in [0.15, 0.2) is 40.2 Å². The summed E-state index contributed by atoms with van der Waals surface area (Å²) in [6, 6.07) is 9.83. The highest BCUT2D eigenvalue weighted by Crippen LogP contribution is 2.38. The highest BCUT2D eigenvalue weighted by Gasteiger charge is 2.29. The summed E-state index contributed by atoms with van der Waals surface area (Å²) in [4.78, 5) is 0.987. The van der Waals surface area contributed by atoms with Crippen LogP contribution in [0.2, 0.25) is 5.02 Å². The summed E-state index contributed by atoms with van der Waals surface area (Å²) in [5.74, 6) is 0. The van der Waals surface area contributed by atoms with Gasteiger partial charge in [-0.2, -0.15) is 0 Å². The Morgan fingerprint density at radius 2 is 2.00 bits per heavy atom. The maximum Gasteiger partial charge on any atom is 0.0756 e. The molecule has 1 heterocycles. The molecule has 2 N–H and O–H groups in total. The van der Waals surface area contributed by atoms with Gasteiger partial charge in [-0.1, -0.05) is 45.7 Å². The first-order chi connectivity index (χ1) is 7.53. The number of hydrogen-bond donors (Lipinski definition) is 1. The topological polar surface area (TPSA) is 26.0 Å². The van der Waals surface area contributed by atoms with Crippen molar-refractivity contribution in [1.82, 2.24) is 0 Å². The fourth-order valence-corrected chi connectivity index (χ4v) is 3.71. The van der Waals surface area contributed by atoms with Crippen LogP contribution in [0.5, 0.6) is 0 Å². The van der Waals surface area contributed by atoms with Gasteiger partial charge in [0.05, 0.1) is 10.6 Å². The molecule has 0 amide bonds. The molecule has 0 fully saturated rings. The van der Waals surface area contributed by atoms with Gasteiger partial charge >= 0.3 is 0 Å². The summed E-state index contributed by atoms with van der Waals surface area (Å²) in [6.07, 6.45) is 0. The lowest BCUT2D eigenvalue weighted by Gasteiger charge is -2.25.